The maximum atomic E-state index is 13.0. The molecule has 3 rings (SSSR count). The first-order valence-electron chi connectivity index (χ1n) is 11.7. The van der Waals surface area contributed by atoms with Crippen LogP contribution in [-0.2, 0) is 17.4 Å². The fraction of sp³-hybridized carbons (Fsp3) is 0.321. The average molecular weight is 501 g/mol. The molecule has 0 fully saturated rings. The number of alkyl halides is 3. The third kappa shape index (κ3) is 7.01. The van der Waals surface area contributed by atoms with Crippen molar-refractivity contribution in [1.29, 1.82) is 0 Å². The minimum Gasteiger partial charge on any atom is -0.493 e. The van der Waals surface area contributed by atoms with Crippen LogP contribution in [0, 0.1) is 0 Å². The number of hydrogen-bond acceptors (Lipinski definition) is 4. The van der Waals surface area contributed by atoms with Gasteiger partial charge in [0, 0.05) is 12.6 Å². The van der Waals surface area contributed by atoms with E-state index in [0.717, 1.165) is 28.8 Å². The maximum absolute atomic E-state index is 13.0. The summed E-state index contributed by atoms with van der Waals surface area (Å²) >= 11 is 0. The second kappa shape index (κ2) is 12.4. The lowest BCUT2D eigenvalue weighted by atomic mass is 9.95. The molecule has 0 aliphatic rings. The van der Waals surface area contributed by atoms with Crippen molar-refractivity contribution in [2.75, 3.05) is 20.8 Å². The van der Waals surface area contributed by atoms with Crippen molar-refractivity contribution in [3.8, 4) is 11.5 Å². The Bertz CT molecular complexity index is 1120. The van der Waals surface area contributed by atoms with E-state index in [9.17, 15) is 18.0 Å². The van der Waals surface area contributed by atoms with E-state index in [1.165, 1.54) is 12.1 Å². The highest BCUT2D eigenvalue weighted by atomic mass is 19.4. The molecule has 2 atom stereocenters. The van der Waals surface area contributed by atoms with Gasteiger partial charge in [-0.15, -0.1) is 0 Å². The van der Waals surface area contributed by atoms with E-state index < -0.39 is 17.8 Å². The second-order valence-corrected chi connectivity index (χ2v) is 8.31. The van der Waals surface area contributed by atoms with Crippen LogP contribution < -0.4 is 20.1 Å². The van der Waals surface area contributed by atoms with Gasteiger partial charge in [-0.1, -0.05) is 48.5 Å². The van der Waals surface area contributed by atoms with E-state index in [0.29, 0.717) is 30.9 Å². The normalized spacial score (nSPS) is 13.1. The van der Waals surface area contributed by atoms with Crippen LogP contribution in [0.1, 0.15) is 47.7 Å². The number of ether oxygens (including phenoxy) is 2. The molecule has 5 nitrogen and oxygen atoms in total. The number of carbonyl (C=O) groups is 1. The lowest BCUT2D eigenvalue weighted by Gasteiger charge is -2.27. The first-order valence-corrected chi connectivity index (χ1v) is 11.7. The Hall–Kier alpha value is -3.52. The molecule has 0 saturated heterocycles. The van der Waals surface area contributed by atoms with Crippen LogP contribution in [-0.4, -0.2) is 26.7 Å². The number of carbonyl (C=O) groups excluding carboxylic acids is 1. The fourth-order valence-electron chi connectivity index (χ4n) is 4.03. The summed E-state index contributed by atoms with van der Waals surface area (Å²) in [5, 5.41) is 6.36. The SMILES string of the molecule is CCNC(=O)[C@H](NC(CCc1ccc(C(F)(F)F)cc1)c1ccc(OC)c(OC)c1)c1ccccc1. The first-order chi connectivity index (χ1) is 17.3. The summed E-state index contributed by atoms with van der Waals surface area (Å²) in [4.78, 5) is 13.0. The molecule has 2 N–H and O–H groups in total. The molecule has 0 bridgehead atoms. The lowest BCUT2D eigenvalue weighted by molar-refractivity contribution is -0.137. The molecule has 0 saturated carbocycles. The zero-order valence-electron chi connectivity index (χ0n) is 20.6. The highest BCUT2D eigenvalue weighted by Gasteiger charge is 2.30. The monoisotopic (exact) mass is 500 g/mol. The summed E-state index contributed by atoms with van der Waals surface area (Å²) in [6.45, 7) is 2.34. The van der Waals surface area contributed by atoms with Gasteiger partial charge in [0.15, 0.2) is 11.5 Å². The number of amides is 1. The van der Waals surface area contributed by atoms with Crippen LogP contribution in [0.25, 0.3) is 0 Å². The van der Waals surface area contributed by atoms with E-state index >= 15 is 0 Å². The molecule has 3 aromatic rings. The van der Waals surface area contributed by atoms with Gasteiger partial charge < -0.3 is 14.8 Å². The quantitative estimate of drug-likeness (QED) is 0.346. The summed E-state index contributed by atoms with van der Waals surface area (Å²) < 4.78 is 49.7. The first kappa shape index (κ1) is 27.1. The Morgan fingerprint density at radius 2 is 1.56 bits per heavy atom. The molecule has 36 heavy (non-hydrogen) atoms. The van der Waals surface area contributed by atoms with E-state index in [-0.39, 0.29) is 11.9 Å². The largest absolute Gasteiger partial charge is 0.493 e. The molecule has 1 amide bonds. The molecule has 0 heterocycles. The van der Waals surface area contributed by atoms with Crippen LogP contribution in [0.5, 0.6) is 11.5 Å². The molecular weight excluding hydrogens is 469 g/mol. The van der Waals surface area contributed by atoms with Crippen LogP contribution in [0.4, 0.5) is 13.2 Å². The molecule has 192 valence electrons. The number of halogens is 3. The molecule has 0 aliphatic carbocycles. The predicted octanol–water partition coefficient (Wildman–Crippen LogP) is 5.86. The number of aryl methyl sites for hydroxylation is 1. The van der Waals surface area contributed by atoms with Crippen molar-refractivity contribution in [3.63, 3.8) is 0 Å². The lowest BCUT2D eigenvalue weighted by Crippen LogP contribution is -2.39. The van der Waals surface area contributed by atoms with Crippen molar-refractivity contribution in [3.05, 3.63) is 95.1 Å². The number of rotatable bonds is 11. The van der Waals surface area contributed by atoms with E-state index in [4.69, 9.17) is 9.47 Å². The zero-order valence-corrected chi connectivity index (χ0v) is 20.6. The number of likely N-dealkylation sites (N-methyl/N-ethyl adjacent to an activating group) is 1. The molecule has 1 unspecified atom stereocenters. The summed E-state index contributed by atoms with van der Waals surface area (Å²) in [7, 11) is 3.10. The van der Waals surface area contributed by atoms with Crippen molar-refractivity contribution in [2.45, 2.75) is 38.0 Å². The Labute approximate surface area is 209 Å². The highest BCUT2D eigenvalue weighted by molar-refractivity contribution is 5.83. The number of nitrogens with one attached hydrogen (secondary N) is 2. The Kier molecular flexibility index (Phi) is 9.36. The molecule has 0 spiro atoms. The van der Waals surface area contributed by atoms with Gasteiger partial charge in [-0.2, -0.15) is 13.2 Å². The van der Waals surface area contributed by atoms with Crippen LogP contribution >= 0.6 is 0 Å². The van der Waals surface area contributed by atoms with Crippen molar-refractivity contribution >= 4 is 5.91 Å². The van der Waals surface area contributed by atoms with Gasteiger partial charge in [-0.25, -0.2) is 0 Å². The van der Waals surface area contributed by atoms with Gasteiger partial charge in [0.25, 0.3) is 0 Å². The van der Waals surface area contributed by atoms with E-state index in [2.05, 4.69) is 10.6 Å². The summed E-state index contributed by atoms with van der Waals surface area (Å²) in [5.41, 5.74) is 1.76. The fourth-order valence-corrected chi connectivity index (χ4v) is 4.03. The van der Waals surface area contributed by atoms with Gasteiger partial charge in [0.05, 0.1) is 19.8 Å². The maximum Gasteiger partial charge on any atom is 0.416 e. The van der Waals surface area contributed by atoms with Gasteiger partial charge in [-0.3, -0.25) is 10.1 Å². The van der Waals surface area contributed by atoms with E-state index in [1.54, 1.807) is 20.3 Å². The zero-order chi connectivity index (χ0) is 26.1. The van der Waals surface area contributed by atoms with Crippen molar-refractivity contribution in [2.24, 2.45) is 0 Å². The van der Waals surface area contributed by atoms with Gasteiger partial charge in [0.1, 0.15) is 6.04 Å². The summed E-state index contributed by atoms with van der Waals surface area (Å²) in [6, 6.07) is 19.2. The molecule has 3 aromatic carbocycles. The number of methoxy groups -OCH3 is 2. The minimum absolute atomic E-state index is 0.163. The predicted molar refractivity (Wildman–Crippen MR) is 133 cm³/mol. The average Bonchev–Trinajstić information content (AvgIpc) is 2.88. The summed E-state index contributed by atoms with van der Waals surface area (Å²) in [6.07, 6.45) is -3.34. The molecule has 0 aliphatic heterocycles. The standard InChI is InChI=1S/C28H31F3N2O3/c1-4-32-27(34)26(20-8-6-5-7-9-20)33-23(21-13-17-24(35-2)25(18-21)36-3)16-12-19-10-14-22(15-11-19)28(29,30)31/h5-11,13-15,17-18,23,26,33H,4,12,16H2,1-3H3,(H,32,34)/t23?,26-/m1/s1. The second-order valence-electron chi connectivity index (χ2n) is 8.31. The minimum atomic E-state index is -4.38. The molecule has 0 aromatic heterocycles. The highest BCUT2D eigenvalue weighted by Crippen LogP contribution is 2.33. The van der Waals surface area contributed by atoms with Gasteiger partial charge in [-0.05, 0) is 60.7 Å². The third-order valence-electron chi connectivity index (χ3n) is 5.93. The number of hydrogen-bond donors (Lipinski definition) is 2. The number of benzene rings is 3. The molecule has 8 heteroatoms. The van der Waals surface area contributed by atoms with E-state index in [1.807, 2.05) is 49.4 Å². The summed E-state index contributed by atoms with van der Waals surface area (Å²) in [5.74, 6) is 0.959. The van der Waals surface area contributed by atoms with Crippen LogP contribution in [0.2, 0.25) is 0 Å². The van der Waals surface area contributed by atoms with Crippen LogP contribution in [0.3, 0.4) is 0 Å². The molecule has 0 radical (unpaired) electrons. The third-order valence-corrected chi connectivity index (χ3v) is 5.93. The Morgan fingerprint density at radius 1 is 0.889 bits per heavy atom. The van der Waals surface area contributed by atoms with Crippen molar-refractivity contribution < 1.29 is 27.4 Å². The Morgan fingerprint density at radius 3 is 2.14 bits per heavy atom. The topological polar surface area (TPSA) is 59.6 Å². The van der Waals surface area contributed by atoms with Crippen LogP contribution in [0.15, 0.2) is 72.8 Å². The Balaban J connectivity index is 1.92. The smallest absolute Gasteiger partial charge is 0.416 e. The van der Waals surface area contributed by atoms with Gasteiger partial charge in [0.2, 0.25) is 5.91 Å². The molecular formula is C28H31F3N2O3. The van der Waals surface area contributed by atoms with Crippen molar-refractivity contribution in [1.82, 2.24) is 10.6 Å². The van der Waals surface area contributed by atoms with Gasteiger partial charge >= 0.3 is 6.18 Å².